The second-order valence-corrected chi connectivity index (χ2v) is 9.69. The molecule has 0 radical (unpaired) electrons. The van der Waals surface area contributed by atoms with Crippen LogP contribution in [0.2, 0.25) is 5.02 Å². The van der Waals surface area contributed by atoms with Crippen LogP contribution < -0.4 is 10.2 Å². The Kier molecular flexibility index (Phi) is 7.06. The molecule has 0 bridgehead atoms. The number of aryl methyl sites for hydroxylation is 2. The van der Waals surface area contributed by atoms with Crippen LogP contribution in [0.3, 0.4) is 0 Å². The highest BCUT2D eigenvalue weighted by atomic mass is 35.5. The predicted octanol–water partition coefficient (Wildman–Crippen LogP) is 6.02. The summed E-state index contributed by atoms with van der Waals surface area (Å²) in [5.41, 5.74) is 4.10. The van der Waals surface area contributed by atoms with Gasteiger partial charge in [0, 0.05) is 16.4 Å². The summed E-state index contributed by atoms with van der Waals surface area (Å²) in [6, 6.07) is 24.1. The topological polar surface area (TPSA) is 73.2 Å². The van der Waals surface area contributed by atoms with E-state index >= 15 is 0 Å². The van der Waals surface area contributed by atoms with Gasteiger partial charge in [-0.25, -0.2) is 0 Å². The van der Waals surface area contributed by atoms with Crippen molar-refractivity contribution in [2.24, 2.45) is 0 Å². The maximum Gasteiger partial charge on any atom is 0.269 e. The van der Waals surface area contributed by atoms with Crippen LogP contribution in [0.15, 0.2) is 83.4 Å². The zero-order valence-corrected chi connectivity index (χ0v) is 20.3. The summed E-state index contributed by atoms with van der Waals surface area (Å²) >= 11 is 7.36. The van der Waals surface area contributed by atoms with Crippen molar-refractivity contribution in [1.82, 2.24) is 0 Å². The van der Waals surface area contributed by atoms with Crippen molar-refractivity contribution in [3.63, 3.8) is 0 Å². The Labute approximate surface area is 208 Å². The third kappa shape index (κ3) is 5.17. The van der Waals surface area contributed by atoms with Gasteiger partial charge in [0.2, 0.25) is 5.91 Å². The first-order chi connectivity index (χ1) is 16.4. The Balaban J connectivity index is 1.72. The van der Waals surface area contributed by atoms with E-state index in [-0.39, 0.29) is 11.5 Å². The number of hydrogen-bond acceptors (Lipinski definition) is 4. The zero-order chi connectivity index (χ0) is 24.2. The van der Waals surface area contributed by atoms with E-state index in [1.807, 2.05) is 74.5 Å². The molecule has 1 heterocycles. The van der Waals surface area contributed by atoms with Gasteiger partial charge >= 0.3 is 0 Å². The lowest BCUT2D eigenvalue weighted by molar-refractivity contribution is -0.117. The van der Waals surface area contributed by atoms with Crippen molar-refractivity contribution in [1.29, 1.82) is 5.26 Å². The van der Waals surface area contributed by atoms with Crippen LogP contribution in [-0.2, 0) is 16.0 Å². The first-order valence-corrected chi connectivity index (χ1v) is 12.0. The molecule has 34 heavy (non-hydrogen) atoms. The Hall–Kier alpha value is -3.53. The van der Waals surface area contributed by atoms with Crippen molar-refractivity contribution in [3.05, 3.63) is 105 Å². The highest BCUT2D eigenvalue weighted by Gasteiger charge is 2.40. The molecule has 1 fully saturated rings. The van der Waals surface area contributed by atoms with E-state index in [1.165, 1.54) is 16.7 Å². The van der Waals surface area contributed by atoms with Crippen molar-refractivity contribution in [3.8, 4) is 6.07 Å². The number of nitriles is 1. The van der Waals surface area contributed by atoms with Crippen LogP contribution in [0.1, 0.15) is 16.7 Å². The number of hydrogen-bond donors (Lipinski definition) is 1. The Morgan fingerprint density at radius 1 is 1.06 bits per heavy atom. The summed E-state index contributed by atoms with van der Waals surface area (Å²) in [5.74, 6) is -0.734. The van der Waals surface area contributed by atoms with E-state index in [1.54, 1.807) is 18.2 Å². The van der Waals surface area contributed by atoms with Crippen molar-refractivity contribution in [2.75, 3.05) is 10.2 Å². The number of halogens is 1. The lowest BCUT2D eigenvalue weighted by Gasteiger charge is -2.19. The molecule has 0 aromatic heterocycles. The zero-order valence-electron chi connectivity index (χ0n) is 18.7. The highest BCUT2D eigenvalue weighted by Crippen LogP contribution is 2.42. The van der Waals surface area contributed by atoms with Gasteiger partial charge < -0.3 is 5.32 Å². The summed E-state index contributed by atoms with van der Waals surface area (Å²) in [4.78, 5) is 28.1. The van der Waals surface area contributed by atoms with Crippen LogP contribution >= 0.6 is 23.4 Å². The minimum absolute atomic E-state index is 0.104. The molecule has 1 N–H and O–H groups in total. The van der Waals surface area contributed by atoms with E-state index in [4.69, 9.17) is 11.6 Å². The van der Waals surface area contributed by atoms with E-state index in [0.717, 1.165) is 16.7 Å². The molecule has 3 aromatic carbocycles. The number of benzene rings is 3. The number of carbonyl (C=O) groups is 2. The van der Waals surface area contributed by atoms with E-state index in [2.05, 4.69) is 5.32 Å². The summed E-state index contributed by atoms with van der Waals surface area (Å²) in [5, 5.41) is 13.1. The number of nitrogens with one attached hydrogen (secondary N) is 1. The van der Waals surface area contributed by atoms with Gasteiger partial charge in [-0.2, -0.15) is 5.26 Å². The Morgan fingerprint density at radius 3 is 2.32 bits per heavy atom. The molecule has 170 valence electrons. The van der Waals surface area contributed by atoms with Crippen molar-refractivity contribution < 1.29 is 9.59 Å². The average Bonchev–Trinajstić information content (AvgIpc) is 3.12. The summed E-state index contributed by atoms with van der Waals surface area (Å²) in [6.07, 6.45) is 0.425. The third-order valence-corrected chi connectivity index (χ3v) is 6.92. The molecule has 0 aliphatic carbocycles. The molecule has 1 aliphatic heterocycles. The molecule has 0 spiro atoms. The second-order valence-electron chi connectivity index (χ2n) is 8.06. The largest absolute Gasteiger partial charge is 0.321 e. The number of thioether (sulfide) groups is 1. The molecule has 1 unspecified atom stereocenters. The maximum atomic E-state index is 13.5. The maximum absolute atomic E-state index is 13.5. The van der Waals surface area contributed by atoms with Crippen LogP contribution in [0.25, 0.3) is 0 Å². The molecule has 7 heteroatoms. The van der Waals surface area contributed by atoms with Crippen molar-refractivity contribution >= 4 is 46.6 Å². The SMILES string of the molecule is Cc1ccc(NC(=O)/C(C#N)=C2\SC(Cc3cccc(Cl)c3)C(=O)N2c2ccc(C)cc2)cc1. The molecule has 1 aliphatic rings. The normalized spacial score (nSPS) is 16.8. The van der Waals surface area contributed by atoms with E-state index < -0.39 is 11.2 Å². The van der Waals surface area contributed by atoms with Gasteiger partial charge in [-0.3, -0.25) is 14.5 Å². The molecule has 2 amide bonds. The lowest BCUT2D eigenvalue weighted by atomic mass is 10.1. The van der Waals surface area contributed by atoms with Gasteiger partial charge in [0.1, 0.15) is 16.7 Å². The monoisotopic (exact) mass is 487 g/mol. The molecule has 5 nitrogen and oxygen atoms in total. The fourth-order valence-electron chi connectivity index (χ4n) is 3.62. The van der Waals surface area contributed by atoms with Gasteiger partial charge in [0.05, 0.1) is 5.25 Å². The molecular weight excluding hydrogens is 466 g/mol. The second kappa shape index (κ2) is 10.2. The molecule has 0 saturated carbocycles. The van der Waals surface area contributed by atoms with Gasteiger partial charge in [-0.05, 0) is 62.2 Å². The Morgan fingerprint density at radius 2 is 1.71 bits per heavy atom. The standard InChI is InChI=1S/C27H22ClN3O2S/c1-17-6-10-21(11-7-17)30-25(32)23(16-29)27-31(22-12-8-18(2)9-13-22)26(33)24(34-27)15-19-4-3-5-20(28)14-19/h3-14,24H,15H2,1-2H3,(H,30,32)/b27-23-. The number of rotatable bonds is 5. The van der Waals surface area contributed by atoms with Crippen LogP contribution in [0.5, 0.6) is 0 Å². The average molecular weight is 488 g/mol. The quantitative estimate of drug-likeness (QED) is 0.352. The van der Waals surface area contributed by atoms with E-state index in [9.17, 15) is 14.9 Å². The van der Waals surface area contributed by atoms with Gasteiger partial charge in [0.25, 0.3) is 5.91 Å². The highest BCUT2D eigenvalue weighted by molar-refractivity contribution is 8.05. The molecule has 1 atom stereocenters. The molecule has 1 saturated heterocycles. The minimum Gasteiger partial charge on any atom is -0.321 e. The van der Waals surface area contributed by atoms with Crippen LogP contribution in [0, 0.1) is 25.2 Å². The van der Waals surface area contributed by atoms with E-state index in [0.29, 0.717) is 27.8 Å². The van der Waals surface area contributed by atoms with Gasteiger partial charge in [-0.1, -0.05) is 70.9 Å². The van der Waals surface area contributed by atoms with Crippen molar-refractivity contribution in [2.45, 2.75) is 25.5 Å². The fourth-order valence-corrected chi connectivity index (χ4v) is 5.15. The van der Waals surface area contributed by atoms with Gasteiger partial charge in [-0.15, -0.1) is 0 Å². The van der Waals surface area contributed by atoms with Crippen LogP contribution in [-0.4, -0.2) is 17.1 Å². The molecule has 4 rings (SSSR count). The minimum atomic E-state index is -0.554. The van der Waals surface area contributed by atoms with Crippen LogP contribution in [0.4, 0.5) is 11.4 Å². The Bertz CT molecular complexity index is 1310. The number of carbonyl (C=O) groups excluding carboxylic acids is 2. The number of anilines is 2. The lowest BCUT2D eigenvalue weighted by Crippen LogP contribution is -2.30. The molecular formula is C27H22ClN3O2S. The predicted molar refractivity (Wildman–Crippen MR) is 138 cm³/mol. The summed E-state index contributed by atoms with van der Waals surface area (Å²) in [7, 11) is 0. The summed E-state index contributed by atoms with van der Waals surface area (Å²) in [6.45, 7) is 3.91. The third-order valence-electron chi connectivity index (χ3n) is 5.42. The smallest absolute Gasteiger partial charge is 0.269 e. The first-order valence-electron chi connectivity index (χ1n) is 10.7. The number of nitrogens with zero attached hydrogens (tertiary/aromatic N) is 2. The fraction of sp³-hybridized carbons (Fsp3) is 0.148. The summed E-state index contributed by atoms with van der Waals surface area (Å²) < 4.78 is 0. The molecule has 3 aromatic rings. The van der Waals surface area contributed by atoms with Gasteiger partial charge in [0.15, 0.2) is 0 Å². The first kappa shape index (κ1) is 23.6. The number of amides is 2.